The first-order valence-corrected chi connectivity index (χ1v) is 11.0. The molecule has 0 saturated carbocycles. The number of aliphatic imine (C=N–C) groups is 1. The monoisotopic (exact) mass is 503 g/mol. The van der Waals surface area contributed by atoms with E-state index in [1.807, 2.05) is 13.2 Å². The van der Waals surface area contributed by atoms with Crippen LogP contribution in [0.4, 0.5) is 5.82 Å². The molecular formula is C20H34IN5S. The predicted octanol–water partition coefficient (Wildman–Crippen LogP) is 4.03. The number of hydrogen-bond donors (Lipinski definition) is 2. The summed E-state index contributed by atoms with van der Waals surface area (Å²) in [6.07, 6.45) is 9.86. The summed E-state index contributed by atoms with van der Waals surface area (Å²) in [5, 5.41) is 6.89. The quantitative estimate of drug-likeness (QED) is 0.361. The number of guanidine groups is 1. The maximum absolute atomic E-state index is 4.69. The molecule has 2 saturated heterocycles. The van der Waals surface area contributed by atoms with E-state index in [4.69, 9.17) is 4.98 Å². The molecule has 5 nitrogen and oxygen atoms in total. The second-order valence-corrected chi connectivity index (χ2v) is 9.29. The number of anilines is 1. The Morgan fingerprint density at radius 2 is 1.96 bits per heavy atom. The van der Waals surface area contributed by atoms with E-state index in [1.165, 1.54) is 49.8 Å². The van der Waals surface area contributed by atoms with Gasteiger partial charge >= 0.3 is 0 Å². The summed E-state index contributed by atoms with van der Waals surface area (Å²) in [5.74, 6) is 3.26. The van der Waals surface area contributed by atoms with Crippen molar-refractivity contribution >= 4 is 47.5 Å². The zero-order valence-corrected chi connectivity index (χ0v) is 19.8. The molecule has 0 aliphatic carbocycles. The van der Waals surface area contributed by atoms with Gasteiger partial charge in [-0.2, -0.15) is 11.8 Å². The molecule has 2 fully saturated rings. The Balaban J connectivity index is 0.00000261. The van der Waals surface area contributed by atoms with Crippen LogP contribution in [0.15, 0.2) is 23.3 Å². The molecule has 1 unspecified atom stereocenters. The van der Waals surface area contributed by atoms with Crippen molar-refractivity contribution in [3.8, 4) is 0 Å². The van der Waals surface area contributed by atoms with Crippen LogP contribution in [0.5, 0.6) is 0 Å². The molecule has 1 aromatic rings. The van der Waals surface area contributed by atoms with Crippen molar-refractivity contribution in [1.29, 1.82) is 0 Å². The van der Waals surface area contributed by atoms with Crippen molar-refractivity contribution in [1.82, 2.24) is 15.6 Å². The Hall–Kier alpha value is -0.700. The van der Waals surface area contributed by atoms with E-state index in [2.05, 4.69) is 51.3 Å². The van der Waals surface area contributed by atoms with Crippen molar-refractivity contribution < 1.29 is 0 Å². The second kappa shape index (κ2) is 11.3. The van der Waals surface area contributed by atoms with Crippen LogP contribution in [0.25, 0.3) is 0 Å². The van der Waals surface area contributed by atoms with E-state index < -0.39 is 0 Å². The van der Waals surface area contributed by atoms with Crippen LogP contribution in [0.2, 0.25) is 0 Å². The third kappa shape index (κ3) is 7.00. The molecule has 2 aliphatic rings. The molecule has 152 valence electrons. The highest BCUT2D eigenvalue weighted by Crippen LogP contribution is 2.36. The number of nitrogens with zero attached hydrogens (tertiary/aromatic N) is 3. The number of halogens is 1. The van der Waals surface area contributed by atoms with Gasteiger partial charge in [0.15, 0.2) is 5.96 Å². The molecule has 0 radical (unpaired) electrons. The van der Waals surface area contributed by atoms with Crippen molar-refractivity contribution in [3.63, 3.8) is 0 Å². The number of nitrogens with one attached hydrogen (secondary N) is 2. The number of pyridine rings is 1. The molecule has 3 rings (SSSR count). The van der Waals surface area contributed by atoms with Gasteiger partial charge in [-0.3, -0.25) is 4.99 Å². The van der Waals surface area contributed by atoms with E-state index in [0.717, 1.165) is 38.0 Å². The lowest BCUT2D eigenvalue weighted by Crippen LogP contribution is -2.43. The summed E-state index contributed by atoms with van der Waals surface area (Å²) in [6, 6.07) is 4.34. The molecule has 1 aromatic heterocycles. The Morgan fingerprint density at radius 3 is 2.56 bits per heavy atom. The summed E-state index contributed by atoms with van der Waals surface area (Å²) in [6.45, 7) is 6.33. The van der Waals surface area contributed by atoms with E-state index in [9.17, 15) is 0 Å². The molecule has 7 heteroatoms. The Morgan fingerprint density at radius 1 is 1.19 bits per heavy atom. The van der Waals surface area contributed by atoms with Crippen LogP contribution in [0.3, 0.4) is 0 Å². The van der Waals surface area contributed by atoms with E-state index in [1.54, 1.807) is 0 Å². The van der Waals surface area contributed by atoms with Crippen LogP contribution in [0, 0.1) is 0 Å². The van der Waals surface area contributed by atoms with E-state index in [-0.39, 0.29) is 24.0 Å². The number of rotatable bonds is 5. The van der Waals surface area contributed by atoms with Gasteiger partial charge in [-0.25, -0.2) is 4.98 Å². The number of aromatic nitrogens is 1. The second-order valence-electron chi connectivity index (χ2n) is 7.61. The zero-order valence-electron chi connectivity index (χ0n) is 16.7. The van der Waals surface area contributed by atoms with Gasteiger partial charge in [-0.05, 0) is 50.0 Å². The fraction of sp³-hybridized carbons (Fsp3) is 0.700. The van der Waals surface area contributed by atoms with Crippen LogP contribution in [0.1, 0.15) is 51.0 Å². The predicted molar refractivity (Wildman–Crippen MR) is 129 cm³/mol. The first kappa shape index (κ1) is 22.6. The minimum Gasteiger partial charge on any atom is -0.357 e. The Bertz CT molecular complexity index is 579. The highest BCUT2D eigenvalue weighted by Gasteiger charge is 2.29. The lowest BCUT2D eigenvalue weighted by molar-refractivity contribution is 0.584. The van der Waals surface area contributed by atoms with Crippen molar-refractivity contribution in [3.05, 3.63) is 23.9 Å². The van der Waals surface area contributed by atoms with Crippen LogP contribution < -0.4 is 15.5 Å². The van der Waals surface area contributed by atoms with Crippen LogP contribution in [-0.4, -0.2) is 48.1 Å². The maximum atomic E-state index is 4.69. The maximum Gasteiger partial charge on any atom is 0.191 e. The molecule has 2 aliphatic heterocycles. The van der Waals surface area contributed by atoms with Gasteiger partial charge in [-0.15, -0.1) is 24.0 Å². The Kier molecular flexibility index (Phi) is 9.48. The molecule has 2 N–H and O–H groups in total. The number of hydrogen-bond acceptors (Lipinski definition) is 4. The molecule has 1 atom stereocenters. The standard InChI is InChI=1S/C20H33N5S.HI/c1-20(10-7-13-26-20)16-24-19(21-2)23-15-17-8-9-18(22-14-17)25-11-5-3-4-6-12-25;/h8-9,14H,3-7,10-13,15-16H2,1-2H3,(H2,21,23,24);1H. The molecule has 0 amide bonds. The molecule has 0 aromatic carbocycles. The van der Waals surface area contributed by atoms with Crippen LogP contribution in [-0.2, 0) is 6.54 Å². The minimum absolute atomic E-state index is 0. The SMILES string of the molecule is CN=C(NCc1ccc(N2CCCCCC2)nc1)NCC1(C)CCCS1.I. The molecular weight excluding hydrogens is 469 g/mol. The first-order valence-electron chi connectivity index (χ1n) is 9.97. The van der Waals surface area contributed by atoms with Crippen molar-refractivity contribution in [2.24, 2.45) is 4.99 Å². The minimum atomic E-state index is 0. The number of thioether (sulfide) groups is 1. The molecule has 3 heterocycles. The van der Waals surface area contributed by atoms with Gasteiger partial charge in [0.05, 0.1) is 0 Å². The Labute approximate surface area is 185 Å². The fourth-order valence-electron chi connectivity index (χ4n) is 3.66. The summed E-state index contributed by atoms with van der Waals surface area (Å²) < 4.78 is 0.341. The fourth-order valence-corrected chi connectivity index (χ4v) is 4.91. The lowest BCUT2D eigenvalue weighted by Gasteiger charge is -2.24. The van der Waals surface area contributed by atoms with Crippen molar-refractivity contribution in [2.45, 2.75) is 56.7 Å². The van der Waals surface area contributed by atoms with E-state index >= 15 is 0 Å². The highest BCUT2D eigenvalue weighted by molar-refractivity contribution is 14.0. The molecule has 0 spiro atoms. The van der Waals surface area contributed by atoms with Crippen molar-refractivity contribution in [2.75, 3.05) is 37.3 Å². The normalized spacial score (nSPS) is 23.5. The van der Waals surface area contributed by atoms with E-state index in [0.29, 0.717) is 4.75 Å². The summed E-state index contributed by atoms with van der Waals surface area (Å²) in [7, 11) is 1.83. The lowest BCUT2D eigenvalue weighted by atomic mass is 10.1. The summed E-state index contributed by atoms with van der Waals surface area (Å²) >= 11 is 2.07. The van der Waals surface area contributed by atoms with Gasteiger partial charge in [0.2, 0.25) is 0 Å². The van der Waals surface area contributed by atoms with Gasteiger partial charge in [0.25, 0.3) is 0 Å². The largest absolute Gasteiger partial charge is 0.357 e. The summed E-state index contributed by atoms with van der Waals surface area (Å²) in [4.78, 5) is 11.5. The smallest absolute Gasteiger partial charge is 0.191 e. The van der Waals surface area contributed by atoms with Gasteiger partial charge in [0.1, 0.15) is 5.82 Å². The topological polar surface area (TPSA) is 52.6 Å². The van der Waals surface area contributed by atoms with Crippen LogP contribution >= 0.6 is 35.7 Å². The third-order valence-electron chi connectivity index (χ3n) is 5.35. The van der Waals surface area contributed by atoms with Gasteiger partial charge < -0.3 is 15.5 Å². The van der Waals surface area contributed by atoms with Gasteiger partial charge in [-0.1, -0.05) is 18.9 Å². The third-order valence-corrected chi connectivity index (χ3v) is 6.89. The molecule has 0 bridgehead atoms. The average molecular weight is 503 g/mol. The summed E-state index contributed by atoms with van der Waals surface area (Å²) in [5.41, 5.74) is 1.19. The van der Waals surface area contributed by atoms with Gasteiger partial charge in [0, 0.05) is 44.2 Å². The molecule has 27 heavy (non-hydrogen) atoms. The zero-order chi connectivity index (χ0) is 18.2. The first-order chi connectivity index (χ1) is 12.7. The average Bonchev–Trinajstić information content (AvgIpc) is 2.93. The highest BCUT2D eigenvalue weighted by atomic mass is 127.